The number of amides is 1. The number of aromatic nitrogens is 3. The molecule has 174 valence electrons. The minimum absolute atomic E-state index is 0.0393. The maximum absolute atomic E-state index is 12.4. The van der Waals surface area contributed by atoms with Crippen molar-refractivity contribution in [3.63, 3.8) is 0 Å². The van der Waals surface area contributed by atoms with Crippen LogP contribution >= 0.6 is 0 Å². The van der Waals surface area contributed by atoms with Gasteiger partial charge in [0.05, 0.1) is 12.6 Å². The molecule has 3 aromatic rings. The standard InChI is InChI=1S/C25H31N5O3/c1-3-32-22-12-8-7-9-20(22)17-29-14-13-23-27-28-25(30(23)16-15-29)19(2)26-24(31)18-33-21-10-5-4-6-11-21/h4-12,19H,3,13-18H2,1-2H3,(H,26,31)/t19-/m1/s1. The van der Waals surface area contributed by atoms with Crippen molar-refractivity contribution in [1.29, 1.82) is 0 Å². The van der Waals surface area contributed by atoms with E-state index in [1.165, 1.54) is 5.56 Å². The van der Waals surface area contributed by atoms with E-state index < -0.39 is 0 Å². The Labute approximate surface area is 194 Å². The zero-order valence-corrected chi connectivity index (χ0v) is 19.2. The second-order valence-electron chi connectivity index (χ2n) is 8.08. The largest absolute Gasteiger partial charge is 0.494 e. The van der Waals surface area contributed by atoms with E-state index in [0.29, 0.717) is 12.4 Å². The predicted octanol–water partition coefficient (Wildman–Crippen LogP) is 2.99. The van der Waals surface area contributed by atoms with Gasteiger partial charge in [-0.25, -0.2) is 0 Å². The van der Waals surface area contributed by atoms with Gasteiger partial charge in [0.1, 0.15) is 17.3 Å². The van der Waals surface area contributed by atoms with E-state index >= 15 is 0 Å². The smallest absolute Gasteiger partial charge is 0.258 e. The zero-order chi connectivity index (χ0) is 23.0. The minimum Gasteiger partial charge on any atom is -0.494 e. The Bertz CT molecular complexity index is 1050. The van der Waals surface area contributed by atoms with Crippen molar-refractivity contribution in [2.45, 2.75) is 39.4 Å². The van der Waals surface area contributed by atoms with E-state index in [9.17, 15) is 4.79 Å². The van der Waals surface area contributed by atoms with Crippen LogP contribution in [0.2, 0.25) is 0 Å². The molecule has 0 aliphatic carbocycles. The average molecular weight is 450 g/mol. The minimum atomic E-state index is -0.261. The van der Waals surface area contributed by atoms with Crippen molar-refractivity contribution in [2.75, 3.05) is 26.3 Å². The number of nitrogens with zero attached hydrogens (tertiary/aromatic N) is 4. The molecular weight excluding hydrogens is 418 g/mol. The van der Waals surface area contributed by atoms with E-state index in [2.05, 4.69) is 37.1 Å². The van der Waals surface area contributed by atoms with Crippen molar-refractivity contribution < 1.29 is 14.3 Å². The molecule has 0 radical (unpaired) electrons. The summed E-state index contributed by atoms with van der Waals surface area (Å²) in [5, 5.41) is 11.8. The van der Waals surface area contributed by atoms with Crippen LogP contribution in [-0.2, 0) is 24.3 Å². The van der Waals surface area contributed by atoms with Gasteiger partial charge in [-0.2, -0.15) is 0 Å². The summed E-state index contributed by atoms with van der Waals surface area (Å²) in [5.41, 5.74) is 1.19. The Hall–Kier alpha value is -3.39. The molecule has 2 heterocycles. The predicted molar refractivity (Wildman–Crippen MR) is 125 cm³/mol. The highest BCUT2D eigenvalue weighted by molar-refractivity contribution is 5.77. The molecule has 1 aliphatic heterocycles. The van der Waals surface area contributed by atoms with Crippen molar-refractivity contribution in [3.8, 4) is 11.5 Å². The Morgan fingerprint density at radius 1 is 1.03 bits per heavy atom. The highest BCUT2D eigenvalue weighted by Gasteiger charge is 2.23. The van der Waals surface area contributed by atoms with Gasteiger partial charge in [0.25, 0.3) is 5.91 Å². The lowest BCUT2D eigenvalue weighted by Crippen LogP contribution is -2.33. The summed E-state index contributed by atoms with van der Waals surface area (Å²) in [4.78, 5) is 14.8. The van der Waals surface area contributed by atoms with Gasteiger partial charge in [0.2, 0.25) is 0 Å². The number of carbonyl (C=O) groups is 1. The normalized spacial score (nSPS) is 14.7. The van der Waals surface area contributed by atoms with E-state index in [-0.39, 0.29) is 18.6 Å². The quantitative estimate of drug-likeness (QED) is 0.541. The number of rotatable bonds is 9. The van der Waals surface area contributed by atoms with Crippen LogP contribution in [0.1, 0.15) is 37.1 Å². The summed E-state index contributed by atoms with van der Waals surface area (Å²) in [6.07, 6.45) is 0.807. The fourth-order valence-electron chi connectivity index (χ4n) is 4.05. The molecule has 0 spiro atoms. The maximum atomic E-state index is 12.4. The molecule has 0 saturated carbocycles. The molecule has 33 heavy (non-hydrogen) atoms. The maximum Gasteiger partial charge on any atom is 0.258 e. The summed E-state index contributed by atoms with van der Waals surface area (Å²) < 4.78 is 13.5. The Kier molecular flexibility index (Phi) is 7.57. The number of fused-ring (bicyclic) bond motifs is 1. The van der Waals surface area contributed by atoms with Crippen LogP contribution < -0.4 is 14.8 Å². The number of benzene rings is 2. The first-order valence-corrected chi connectivity index (χ1v) is 11.5. The summed E-state index contributed by atoms with van der Waals surface area (Å²) in [7, 11) is 0. The van der Waals surface area contributed by atoms with E-state index in [4.69, 9.17) is 9.47 Å². The molecule has 1 aliphatic rings. The Morgan fingerprint density at radius 3 is 2.64 bits per heavy atom. The molecule has 0 fully saturated rings. The third-order valence-electron chi connectivity index (χ3n) is 5.69. The van der Waals surface area contributed by atoms with Crippen LogP contribution in [0.5, 0.6) is 11.5 Å². The monoisotopic (exact) mass is 449 g/mol. The molecule has 1 aromatic heterocycles. The second-order valence-corrected chi connectivity index (χ2v) is 8.08. The van der Waals surface area contributed by atoms with Crippen molar-refractivity contribution >= 4 is 5.91 Å². The number of carbonyl (C=O) groups excluding carboxylic acids is 1. The van der Waals surface area contributed by atoms with Crippen molar-refractivity contribution in [3.05, 3.63) is 71.8 Å². The summed E-state index contributed by atoms with van der Waals surface area (Å²) in [6.45, 7) is 7.91. The third kappa shape index (κ3) is 5.90. The van der Waals surface area contributed by atoms with Crippen LogP contribution in [0.4, 0.5) is 0 Å². The summed E-state index contributed by atoms with van der Waals surface area (Å²) in [5.74, 6) is 3.15. The lowest BCUT2D eigenvalue weighted by atomic mass is 10.2. The number of nitrogens with one attached hydrogen (secondary N) is 1. The molecule has 2 aromatic carbocycles. The van der Waals surface area contributed by atoms with E-state index in [1.807, 2.05) is 56.3 Å². The van der Waals surface area contributed by atoms with Crippen LogP contribution in [-0.4, -0.2) is 51.9 Å². The van der Waals surface area contributed by atoms with Crippen LogP contribution in [0.3, 0.4) is 0 Å². The van der Waals surface area contributed by atoms with Crippen LogP contribution in [0, 0.1) is 0 Å². The highest BCUT2D eigenvalue weighted by Crippen LogP contribution is 2.22. The molecular formula is C25H31N5O3. The molecule has 8 heteroatoms. The SMILES string of the molecule is CCOc1ccccc1CN1CCc2nnc([C@@H](C)NC(=O)COc3ccccc3)n2CC1. The first kappa shape index (κ1) is 22.8. The molecule has 4 rings (SSSR count). The fourth-order valence-corrected chi connectivity index (χ4v) is 4.05. The fraction of sp³-hybridized carbons (Fsp3) is 0.400. The highest BCUT2D eigenvalue weighted by atomic mass is 16.5. The van der Waals surface area contributed by atoms with Gasteiger partial charge in [0.15, 0.2) is 12.4 Å². The second kappa shape index (κ2) is 11.0. The first-order valence-electron chi connectivity index (χ1n) is 11.5. The molecule has 1 amide bonds. The van der Waals surface area contributed by atoms with Gasteiger partial charge in [-0.3, -0.25) is 9.69 Å². The third-order valence-corrected chi connectivity index (χ3v) is 5.69. The summed E-state index contributed by atoms with van der Waals surface area (Å²) in [6, 6.07) is 17.3. The number of hydrogen-bond donors (Lipinski definition) is 1. The molecule has 8 nitrogen and oxygen atoms in total. The number of ether oxygens (including phenoxy) is 2. The van der Waals surface area contributed by atoms with Crippen molar-refractivity contribution in [2.24, 2.45) is 0 Å². The first-order chi connectivity index (χ1) is 16.1. The van der Waals surface area contributed by atoms with Crippen LogP contribution in [0.15, 0.2) is 54.6 Å². The van der Waals surface area contributed by atoms with Gasteiger partial charge < -0.3 is 19.4 Å². The van der Waals surface area contributed by atoms with Gasteiger partial charge in [-0.1, -0.05) is 36.4 Å². The van der Waals surface area contributed by atoms with Gasteiger partial charge >= 0.3 is 0 Å². The molecule has 1 N–H and O–H groups in total. The lowest BCUT2D eigenvalue weighted by molar-refractivity contribution is -0.123. The molecule has 0 unspecified atom stereocenters. The number of hydrogen-bond acceptors (Lipinski definition) is 6. The number of para-hydroxylation sites is 2. The van der Waals surface area contributed by atoms with Gasteiger partial charge in [-0.05, 0) is 32.0 Å². The molecule has 1 atom stereocenters. The van der Waals surface area contributed by atoms with E-state index in [0.717, 1.165) is 50.0 Å². The summed E-state index contributed by atoms with van der Waals surface area (Å²) >= 11 is 0. The van der Waals surface area contributed by atoms with Gasteiger partial charge in [-0.15, -0.1) is 10.2 Å². The Balaban J connectivity index is 1.34. The molecule has 0 saturated heterocycles. The zero-order valence-electron chi connectivity index (χ0n) is 19.2. The van der Waals surface area contributed by atoms with Crippen molar-refractivity contribution in [1.82, 2.24) is 25.0 Å². The molecule has 0 bridgehead atoms. The van der Waals surface area contributed by atoms with E-state index in [1.54, 1.807) is 0 Å². The average Bonchev–Trinajstić information content (AvgIpc) is 3.14. The lowest BCUT2D eigenvalue weighted by Gasteiger charge is -2.21. The van der Waals surface area contributed by atoms with Crippen LogP contribution in [0.25, 0.3) is 0 Å². The Morgan fingerprint density at radius 2 is 1.82 bits per heavy atom. The van der Waals surface area contributed by atoms with Gasteiger partial charge in [0, 0.05) is 38.2 Å². The topological polar surface area (TPSA) is 81.5 Å².